The van der Waals surface area contributed by atoms with Gasteiger partial charge in [0.25, 0.3) is 0 Å². The Hall–Kier alpha value is 0.500. The summed E-state index contributed by atoms with van der Waals surface area (Å²) in [7, 11) is 0. The van der Waals surface area contributed by atoms with Crippen molar-refractivity contribution in [2.75, 3.05) is 26.2 Å². The molecule has 98 valence electrons. The second kappa shape index (κ2) is 8.57. The lowest BCUT2D eigenvalue weighted by molar-refractivity contribution is 0.185. The van der Waals surface area contributed by atoms with Crippen LogP contribution in [0, 0.1) is 5.92 Å². The van der Waals surface area contributed by atoms with Gasteiger partial charge in [0, 0.05) is 6.04 Å². The molecule has 0 aromatic carbocycles. The molecule has 0 aliphatic carbocycles. The second-order valence-corrected chi connectivity index (χ2v) is 5.11. The largest absolute Gasteiger partial charge is 0.314 e. The Labute approximate surface area is 112 Å². The van der Waals surface area contributed by atoms with Crippen molar-refractivity contribution in [1.82, 2.24) is 10.2 Å². The molecule has 1 atom stereocenters. The number of hydrogen-bond donors (Lipinski definition) is 1. The van der Waals surface area contributed by atoms with Crippen LogP contribution >= 0.6 is 24.8 Å². The van der Waals surface area contributed by atoms with Crippen molar-refractivity contribution < 1.29 is 0 Å². The summed E-state index contributed by atoms with van der Waals surface area (Å²) in [6.07, 6.45) is 7.00. The quantitative estimate of drug-likeness (QED) is 0.847. The van der Waals surface area contributed by atoms with E-state index in [9.17, 15) is 0 Å². The predicted molar refractivity (Wildman–Crippen MR) is 75.0 cm³/mol. The van der Waals surface area contributed by atoms with E-state index in [1.165, 1.54) is 58.3 Å². The van der Waals surface area contributed by atoms with Crippen molar-refractivity contribution >= 4 is 24.8 Å². The third-order valence-corrected chi connectivity index (χ3v) is 3.83. The molecule has 0 spiro atoms. The van der Waals surface area contributed by atoms with Gasteiger partial charge >= 0.3 is 0 Å². The molecule has 16 heavy (non-hydrogen) atoms. The normalized spacial score (nSPS) is 27.2. The van der Waals surface area contributed by atoms with Crippen LogP contribution in [0.2, 0.25) is 0 Å². The van der Waals surface area contributed by atoms with Gasteiger partial charge < -0.3 is 10.2 Å². The number of likely N-dealkylation sites (tertiary alicyclic amines) is 1. The minimum atomic E-state index is 0. The Morgan fingerprint density at radius 2 is 1.81 bits per heavy atom. The summed E-state index contributed by atoms with van der Waals surface area (Å²) in [4.78, 5) is 2.65. The molecule has 2 saturated heterocycles. The average Bonchev–Trinajstić information content (AvgIpc) is 2.70. The fourth-order valence-electron chi connectivity index (χ4n) is 2.63. The highest BCUT2D eigenvalue weighted by molar-refractivity contribution is 5.85. The highest BCUT2D eigenvalue weighted by Gasteiger charge is 2.18. The van der Waals surface area contributed by atoms with Crippen molar-refractivity contribution in [2.24, 2.45) is 5.92 Å². The highest BCUT2D eigenvalue weighted by Crippen LogP contribution is 2.17. The van der Waals surface area contributed by atoms with Gasteiger partial charge in [0.05, 0.1) is 0 Å². The molecule has 0 amide bonds. The molecule has 2 fully saturated rings. The lowest BCUT2D eigenvalue weighted by Crippen LogP contribution is -2.36. The standard InChI is InChI=1S/C12H24N2.2ClH/c1-11-4-8-14(9-5-11)10-6-12-3-2-7-13-12;;/h11-13H,2-10H2,1H3;2*1H/t12-;;/m1../s1. The first-order valence-corrected chi connectivity index (χ1v) is 6.30. The zero-order chi connectivity index (χ0) is 9.80. The van der Waals surface area contributed by atoms with Crippen LogP contribution in [0.4, 0.5) is 0 Å². The third kappa shape index (κ3) is 5.22. The van der Waals surface area contributed by atoms with Gasteiger partial charge in [0.15, 0.2) is 0 Å². The second-order valence-electron chi connectivity index (χ2n) is 5.11. The molecule has 0 unspecified atom stereocenters. The fourth-order valence-corrected chi connectivity index (χ4v) is 2.63. The van der Waals surface area contributed by atoms with Crippen LogP contribution in [0.3, 0.4) is 0 Å². The molecule has 2 nitrogen and oxygen atoms in total. The Morgan fingerprint density at radius 1 is 1.12 bits per heavy atom. The maximum Gasteiger partial charge on any atom is 0.00797 e. The summed E-state index contributed by atoms with van der Waals surface area (Å²) in [6.45, 7) is 7.64. The summed E-state index contributed by atoms with van der Waals surface area (Å²) < 4.78 is 0. The van der Waals surface area contributed by atoms with E-state index in [1.807, 2.05) is 0 Å². The number of nitrogens with zero attached hydrogens (tertiary/aromatic N) is 1. The molecular weight excluding hydrogens is 243 g/mol. The molecule has 2 aliphatic rings. The van der Waals surface area contributed by atoms with Crippen LogP contribution in [0.1, 0.15) is 39.0 Å². The maximum absolute atomic E-state index is 3.58. The summed E-state index contributed by atoms with van der Waals surface area (Å²) in [5.41, 5.74) is 0. The Bertz CT molecular complexity index is 164. The fraction of sp³-hybridized carbons (Fsp3) is 1.00. The molecule has 0 aromatic heterocycles. The van der Waals surface area contributed by atoms with Crippen molar-refractivity contribution in [2.45, 2.75) is 45.1 Å². The van der Waals surface area contributed by atoms with E-state index in [2.05, 4.69) is 17.1 Å². The van der Waals surface area contributed by atoms with E-state index in [0.717, 1.165) is 12.0 Å². The minimum absolute atomic E-state index is 0. The van der Waals surface area contributed by atoms with Gasteiger partial charge in [-0.2, -0.15) is 0 Å². The molecule has 0 bridgehead atoms. The number of hydrogen-bond acceptors (Lipinski definition) is 2. The number of halogens is 2. The van der Waals surface area contributed by atoms with E-state index in [1.54, 1.807) is 0 Å². The first-order valence-electron chi connectivity index (χ1n) is 6.30. The first-order chi connectivity index (χ1) is 6.84. The van der Waals surface area contributed by atoms with Crippen LogP contribution in [-0.2, 0) is 0 Å². The highest BCUT2D eigenvalue weighted by atomic mass is 35.5. The molecule has 0 radical (unpaired) electrons. The van der Waals surface area contributed by atoms with E-state index < -0.39 is 0 Å². The monoisotopic (exact) mass is 268 g/mol. The van der Waals surface area contributed by atoms with Crippen molar-refractivity contribution in [3.63, 3.8) is 0 Å². The SMILES string of the molecule is CC1CCN(CC[C@H]2CCCN2)CC1.Cl.Cl. The van der Waals surface area contributed by atoms with Gasteiger partial charge in [-0.25, -0.2) is 0 Å². The molecule has 2 heterocycles. The lowest BCUT2D eigenvalue weighted by atomic mass is 9.99. The van der Waals surface area contributed by atoms with Gasteiger partial charge in [-0.05, 0) is 64.2 Å². The molecule has 4 heteroatoms. The van der Waals surface area contributed by atoms with Crippen LogP contribution in [0.5, 0.6) is 0 Å². The van der Waals surface area contributed by atoms with Crippen molar-refractivity contribution in [1.29, 1.82) is 0 Å². The van der Waals surface area contributed by atoms with Gasteiger partial charge in [0.1, 0.15) is 0 Å². The molecular formula is C12H26Cl2N2. The topological polar surface area (TPSA) is 15.3 Å². The Kier molecular flexibility index (Phi) is 8.84. The van der Waals surface area contributed by atoms with Crippen molar-refractivity contribution in [3.8, 4) is 0 Å². The predicted octanol–water partition coefficient (Wildman–Crippen LogP) is 2.70. The smallest absolute Gasteiger partial charge is 0.00797 e. The van der Waals surface area contributed by atoms with E-state index in [4.69, 9.17) is 0 Å². The third-order valence-electron chi connectivity index (χ3n) is 3.83. The van der Waals surface area contributed by atoms with E-state index >= 15 is 0 Å². The van der Waals surface area contributed by atoms with Gasteiger partial charge in [-0.1, -0.05) is 6.92 Å². The molecule has 2 aliphatic heterocycles. The van der Waals surface area contributed by atoms with Crippen LogP contribution in [-0.4, -0.2) is 37.1 Å². The van der Waals surface area contributed by atoms with Gasteiger partial charge in [-0.15, -0.1) is 24.8 Å². The maximum atomic E-state index is 3.58. The number of rotatable bonds is 3. The average molecular weight is 269 g/mol. The van der Waals surface area contributed by atoms with Crippen molar-refractivity contribution in [3.05, 3.63) is 0 Å². The molecule has 0 saturated carbocycles. The van der Waals surface area contributed by atoms with Crippen LogP contribution in [0.25, 0.3) is 0 Å². The minimum Gasteiger partial charge on any atom is -0.314 e. The molecule has 2 rings (SSSR count). The van der Waals surface area contributed by atoms with E-state index in [-0.39, 0.29) is 24.8 Å². The number of nitrogens with one attached hydrogen (secondary N) is 1. The summed E-state index contributed by atoms with van der Waals surface area (Å²) in [5, 5.41) is 3.58. The first kappa shape index (κ1) is 16.5. The number of piperidine rings is 1. The summed E-state index contributed by atoms with van der Waals surface area (Å²) in [5.74, 6) is 0.968. The van der Waals surface area contributed by atoms with Gasteiger partial charge in [-0.3, -0.25) is 0 Å². The van der Waals surface area contributed by atoms with Crippen LogP contribution < -0.4 is 5.32 Å². The molecule has 0 aromatic rings. The Balaban J connectivity index is 0.00000112. The zero-order valence-corrected chi connectivity index (χ0v) is 11.9. The lowest BCUT2D eigenvalue weighted by Gasteiger charge is -2.30. The van der Waals surface area contributed by atoms with Crippen LogP contribution in [0.15, 0.2) is 0 Å². The summed E-state index contributed by atoms with van der Waals surface area (Å²) in [6, 6.07) is 0.828. The zero-order valence-electron chi connectivity index (χ0n) is 10.3. The van der Waals surface area contributed by atoms with Gasteiger partial charge in [0.2, 0.25) is 0 Å². The van der Waals surface area contributed by atoms with E-state index in [0.29, 0.717) is 0 Å². The summed E-state index contributed by atoms with van der Waals surface area (Å²) >= 11 is 0. The Morgan fingerprint density at radius 3 is 2.38 bits per heavy atom. The molecule has 1 N–H and O–H groups in total.